The van der Waals surface area contributed by atoms with Crippen LogP contribution in [0.3, 0.4) is 0 Å². The van der Waals surface area contributed by atoms with E-state index in [1.165, 1.54) is 0 Å². The number of nitrogens with zero attached hydrogens (tertiary/aromatic N) is 6. The van der Waals surface area contributed by atoms with Gasteiger partial charge in [0, 0.05) is 19.4 Å². The number of nitrogens with one attached hydrogen (secondary N) is 1. The Morgan fingerprint density at radius 1 is 1.32 bits per heavy atom. The molecule has 8 nitrogen and oxygen atoms in total. The first-order valence-corrected chi connectivity index (χ1v) is 10.8. The molecule has 0 saturated heterocycles. The van der Waals surface area contributed by atoms with Crippen LogP contribution in [0.25, 0.3) is 16.5 Å². The zero-order valence-corrected chi connectivity index (χ0v) is 18.3. The van der Waals surface area contributed by atoms with E-state index < -0.39 is 0 Å². The molecule has 1 amide bonds. The second-order valence-electron chi connectivity index (χ2n) is 7.10. The van der Waals surface area contributed by atoms with Crippen LogP contribution in [-0.4, -0.2) is 35.2 Å². The summed E-state index contributed by atoms with van der Waals surface area (Å²) in [7, 11) is 1.89. The molecular weight excluding hydrogens is 410 g/mol. The molecule has 0 aliphatic carbocycles. The van der Waals surface area contributed by atoms with E-state index in [9.17, 15) is 4.79 Å². The largest absolute Gasteiger partial charge is 0.346 e. The van der Waals surface area contributed by atoms with Crippen molar-refractivity contribution in [3.63, 3.8) is 0 Å². The fourth-order valence-corrected chi connectivity index (χ4v) is 4.01. The van der Waals surface area contributed by atoms with Crippen LogP contribution >= 0.6 is 11.3 Å². The molecule has 1 N–H and O–H groups in total. The number of imidazole rings is 1. The van der Waals surface area contributed by atoms with Crippen LogP contribution in [0.2, 0.25) is 0 Å². The lowest BCUT2D eigenvalue weighted by atomic mass is 10.1. The minimum Gasteiger partial charge on any atom is -0.346 e. The van der Waals surface area contributed by atoms with Gasteiger partial charge < -0.3 is 9.88 Å². The molecule has 0 aliphatic heterocycles. The van der Waals surface area contributed by atoms with Crippen LogP contribution in [0.1, 0.15) is 33.7 Å². The SMILES string of the molecule is C=CCCc1c(C(=O)NCc2cncn2C)cnn1-c1ncc(C)c(-c2cccs2)n1. The van der Waals surface area contributed by atoms with Crippen LogP contribution in [0.5, 0.6) is 0 Å². The van der Waals surface area contributed by atoms with Gasteiger partial charge in [0.25, 0.3) is 11.9 Å². The van der Waals surface area contributed by atoms with Crippen molar-refractivity contribution in [1.82, 2.24) is 34.6 Å². The van der Waals surface area contributed by atoms with Gasteiger partial charge in [-0.2, -0.15) is 5.10 Å². The van der Waals surface area contributed by atoms with E-state index in [1.807, 2.05) is 42.1 Å². The van der Waals surface area contributed by atoms with Crippen molar-refractivity contribution in [2.45, 2.75) is 26.3 Å². The summed E-state index contributed by atoms with van der Waals surface area (Å²) in [5.41, 5.74) is 4.03. The van der Waals surface area contributed by atoms with Gasteiger partial charge in [-0.05, 0) is 36.8 Å². The van der Waals surface area contributed by atoms with Gasteiger partial charge in [-0.25, -0.2) is 19.6 Å². The van der Waals surface area contributed by atoms with Gasteiger partial charge in [0.2, 0.25) is 0 Å². The molecule has 0 saturated carbocycles. The Bertz CT molecular complexity index is 1210. The van der Waals surface area contributed by atoms with E-state index in [0.717, 1.165) is 27.5 Å². The van der Waals surface area contributed by atoms with E-state index in [2.05, 4.69) is 27.0 Å². The highest BCUT2D eigenvalue weighted by Gasteiger charge is 2.20. The van der Waals surface area contributed by atoms with E-state index in [-0.39, 0.29) is 5.91 Å². The molecule has 0 aliphatic rings. The molecule has 0 spiro atoms. The van der Waals surface area contributed by atoms with Gasteiger partial charge in [-0.3, -0.25) is 4.79 Å². The van der Waals surface area contributed by atoms with Crippen molar-refractivity contribution >= 4 is 17.2 Å². The van der Waals surface area contributed by atoms with Gasteiger partial charge in [-0.1, -0.05) is 12.1 Å². The molecule has 4 rings (SSSR count). The first kappa shape index (κ1) is 20.7. The molecule has 9 heteroatoms. The van der Waals surface area contributed by atoms with Crippen LogP contribution in [-0.2, 0) is 20.0 Å². The van der Waals surface area contributed by atoms with Crippen LogP contribution in [0, 0.1) is 6.92 Å². The van der Waals surface area contributed by atoms with Crippen LogP contribution in [0.15, 0.2) is 55.1 Å². The number of hydrogen-bond donors (Lipinski definition) is 1. The maximum Gasteiger partial charge on any atom is 0.255 e. The number of hydrogen-bond acceptors (Lipinski definition) is 6. The third-order valence-corrected chi connectivity index (χ3v) is 5.82. The molecule has 0 atom stereocenters. The highest BCUT2D eigenvalue weighted by atomic mass is 32.1. The van der Waals surface area contributed by atoms with E-state index >= 15 is 0 Å². The van der Waals surface area contributed by atoms with Crippen molar-refractivity contribution < 1.29 is 4.79 Å². The summed E-state index contributed by atoms with van der Waals surface area (Å²) in [6.07, 6.45) is 9.93. The predicted molar refractivity (Wildman–Crippen MR) is 120 cm³/mol. The minimum absolute atomic E-state index is 0.197. The van der Waals surface area contributed by atoms with E-state index in [1.54, 1.807) is 40.9 Å². The lowest BCUT2D eigenvalue weighted by molar-refractivity contribution is 0.0949. The summed E-state index contributed by atoms with van der Waals surface area (Å²) in [6.45, 7) is 6.17. The Hall–Kier alpha value is -3.59. The minimum atomic E-state index is -0.197. The molecule has 0 unspecified atom stereocenters. The molecule has 0 bridgehead atoms. The normalized spacial score (nSPS) is 10.9. The Morgan fingerprint density at radius 2 is 2.19 bits per heavy atom. The number of carbonyl (C=O) groups is 1. The smallest absolute Gasteiger partial charge is 0.255 e. The average Bonchev–Trinajstić information content (AvgIpc) is 3.52. The number of carbonyl (C=O) groups excluding carboxylic acids is 1. The van der Waals surface area contributed by atoms with Crippen molar-refractivity contribution in [3.8, 4) is 16.5 Å². The summed E-state index contributed by atoms with van der Waals surface area (Å²) in [5.74, 6) is 0.246. The van der Waals surface area contributed by atoms with E-state index in [0.29, 0.717) is 30.9 Å². The van der Waals surface area contributed by atoms with Gasteiger partial charge in [0.1, 0.15) is 0 Å². The fourth-order valence-electron chi connectivity index (χ4n) is 3.23. The van der Waals surface area contributed by atoms with Crippen molar-refractivity contribution in [2.24, 2.45) is 7.05 Å². The maximum atomic E-state index is 12.9. The number of aromatic nitrogens is 6. The standard InChI is InChI=1S/C22H23N7OS/c1-4-5-7-18-17(21(30)24-12-16-11-23-14-28(16)3)13-26-29(18)22-25-10-15(2)20(27-22)19-8-6-9-31-19/h4,6,8-11,13-14H,1,5,7,12H2,2-3H3,(H,24,30). The molecule has 0 fully saturated rings. The van der Waals surface area contributed by atoms with Crippen molar-refractivity contribution in [3.05, 3.63) is 77.6 Å². The first-order chi connectivity index (χ1) is 15.1. The molecule has 0 aromatic carbocycles. The lowest BCUT2D eigenvalue weighted by Gasteiger charge is -2.10. The van der Waals surface area contributed by atoms with Gasteiger partial charge >= 0.3 is 0 Å². The molecule has 158 valence electrons. The second-order valence-corrected chi connectivity index (χ2v) is 8.05. The Morgan fingerprint density at radius 3 is 2.90 bits per heavy atom. The van der Waals surface area contributed by atoms with Gasteiger partial charge in [0.05, 0.1) is 46.6 Å². The second kappa shape index (κ2) is 9.05. The predicted octanol–water partition coefficient (Wildman–Crippen LogP) is 3.48. The molecule has 31 heavy (non-hydrogen) atoms. The number of aryl methyl sites for hydroxylation is 2. The monoisotopic (exact) mass is 433 g/mol. The number of allylic oxidation sites excluding steroid dienone is 1. The summed E-state index contributed by atoms with van der Waals surface area (Å²) in [6, 6.07) is 4.03. The molecule has 4 aromatic rings. The third kappa shape index (κ3) is 4.31. The highest BCUT2D eigenvalue weighted by molar-refractivity contribution is 7.13. The number of rotatable bonds is 8. The first-order valence-electron chi connectivity index (χ1n) is 9.87. The van der Waals surface area contributed by atoms with Crippen LogP contribution < -0.4 is 5.32 Å². The van der Waals surface area contributed by atoms with Gasteiger partial charge in [0.15, 0.2) is 0 Å². The zero-order valence-electron chi connectivity index (χ0n) is 17.4. The Balaban J connectivity index is 1.66. The van der Waals surface area contributed by atoms with Crippen molar-refractivity contribution in [1.29, 1.82) is 0 Å². The topological polar surface area (TPSA) is 90.5 Å². The Labute approximate surface area is 184 Å². The third-order valence-electron chi connectivity index (χ3n) is 4.95. The average molecular weight is 434 g/mol. The molecular formula is C22H23N7OS. The summed E-state index contributed by atoms with van der Waals surface area (Å²) >= 11 is 1.62. The van der Waals surface area contributed by atoms with E-state index in [4.69, 9.17) is 4.98 Å². The van der Waals surface area contributed by atoms with Crippen molar-refractivity contribution in [2.75, 3.05) is 0 Å². The maximum absolute atomic E-state index is 12.9. The Kier molecular flexibility index (Phi) is 6.03. The summed E-state index contributed by atoms with van der Waals surface area (Å²) < 4.78 is 3.52. The summed E-state index contributed by atoms with van der Waals surface area (Å²) in [5, 5.41) is 9.42. The molecule has 4 aromatic heterocycles. The van der Waals surface area contributed by atoms with Gasteiger partial charge in [-0.15, -0.1) is 17.9 Å². The molecule has 4 heterocycles. The quantitative estimate of drug-likeness (QED) is 0.430. The highest BCUT2D eigenvalue weighted by Crippen LogP contribution is 2.26. The lowest BCUT2D eigenvalue weighted by Crippen LogP contribution is -2.25. The zero-order chi connectivity index (χ0) is 21.8. The molecule has 0 radical (unpaired) electrons. The summed E-state index contributed by atoms with van der Waals surface area (Å²) in [4.78, 5) is 27.3. The fraction of sp³-hybridized carbons (Fsp3) is 0.227. The number of thiophene rings is 1. The number of amides is 1. The van der Waals surface area contributed by atoms with Crippen LogP contribution in [0.4, 0.5) is 0 Å².